The second-order valence-corrected chi connectivity index (χ2v) is 11.3. The smallest absolute Gasteiger partial charge is 0.416 e. The maximum atomic E-state index is 13.7. The maximum absolute atomic E-state index is 13.7. The molecule has 4 nitrogen and oxygen atoms in total. The Morgan fingerprint density at radius 1 is 0.900 bits per heavy atom. The number of halogens is 7. The van der Waals surface area contributed by atoms with Crippen LogP contribution < -0.4 is 0 Å². The van der Waals surface area contributed by atoms with Crippen molar-refractivity contribution in [2.24, 2.45) is 11.8 Å². The number of fused-ring (bicyclic) bond motifs is 1. The van der Waals surface area contributed by atoms with Crippen LogP contribution in [0.5, 0.6) is 0 Å². The van der Waals surface area contributed by atoms with Crippen molar-refractivity contribution in [1.29, 1.82) is 0 Å². The molecule has 1 aliphatic heterocycles. The molecule has 0 spiro atoms. The Labute approximate surface area is 227 Å². The van der Waals surface area contributed by atoms with Crippen LogP contribution in [0.15, 0.2) is 49.0 Å². The molecular formula is C29H30F7NO3. The molecule has 1 saturated heterocycles. The summed E-state index contributed by atoms with van der Waals surface area (Å²) in [5.74, 6) is -1.37. The topological polar surface area (TPSA) is 38.8 Å². The van der Waals surface area contributed by atoms with E-state index in [-0.39, 0.29) is 23.7 Å². The largest absolute Gasteiger partial charge is 0.490 e. The second-order valence-electron chi connectivity index (χ2n) is 11.3. The Balaban J connectivity index is 1.64. The summed E-state index contributed by atoms with van der Waals surface area (Å²) in [5.41, 5.74) is -3.40. The third kappa shape index (κ3) is 6.72. The summed E-state index contributed by atoms with van der Waals surface area (Å²) < 4.78 is 106. The molecule has 2 aliphatic rings. The molecule has 218 valence electrons. The summed E-state index contributed by atoms with van der Waals surface area (Å²) in [6, 6.07) is 6.90. The first-order valence-electron chi connectivity index (χ1n) is 12.8. The Morgan fingerprint density at radius 3 is 2.00 bits per heavy atom. The standard InChI is InChI=1S/C29H30F7NO3/c1-16(19-11-20(28(31,32)33)13-21(12-19)29(34,35)36)39-24-10-7-18-14-37(26(38)40-27(2,3)4)15-23(18)25(24)17-5-8-22(30)9-6-17/h5-6,8-9,11-13,18,23-25H,1,7,10,14-15H2,2-4H3/t18-,23+,24?,25-/m1/s1. The van der Waals surface area contributed by atoms with E-state index in [4.69, 9.17) is 9.47 Å². The van der Waals surface area contributed by atoms with Gasteiger partial charge in [0.1, 0.15) is 23.3 Å². The van der Waals surface area contributed by atoms with Gasteiger partial charge in [0.15, 0.2) is 0 Å². The summed E-state index contributed by atoms with van der Waals surface area (Å²) in [7, 11) is 0. The average molecular weight is 574 g/mol. The number of carbonyl (C=O) groups excluding carboxylic acids is 1. The van der Waals surface area contributed by atoms with Crippen LogP contribution in [0.4, 0.5) is 35.5 Å². The summed E-state index contributed by atoms with van der Waals surface area (Å²) in [6.07, 6.45) is -10.2. The molecule has 1 aliphatic carbocycles. The Kier molecular flexibility index (Phi) is 7.90. The van der Waals surface area contributed by atoms with Crippen LogP contribution in [0.2, 0.25) is 0 Å². The van der Waals surface area contributed by atoms with E-state index in [0.29, 0.717) is 43.6 Å². The van der Waals surface area contributed by atoms with Gasteiger partial charge in [-0.25, -0.2) is 9.18 Å². The molecule has 2 aromatic carbocycles. The first kappa shape index (κ1) is 29.7. The zero-order chi connectivity index (χ0) is 29.6. The number of alkyl halides is 6. The van der Waals surface area contributed by atoms with Crippen molar-refractivity contribution in [3.05, 3.63) is 77.1 Å². The van der Waals surface area contributed by atoms with Crippen molar-refractivity contribution in [2.75, 3.05) is 13.1 Å². The summed E-state index contributed by atoms with van der Waals surface area (Å²) in [4.78, 5) is 14.4. The first-order valence-corrected chi connectivity index (χ1v) is 12.8. The summed E-state index contributed by atoms with van der Waals surface area (Å²) in [5, 5.41) is 0. The van der Waals surface area contributed by atoms with Gasteiger partial charge in [0.25, 0.3) is 0 Å². The van der Waals surface area contributed by atoms with Crippen LogP contribution in [-0.2, 0) is 21.8 Å². The molecule has 0 N–H and O–H groups in total. The first-order chi connectivity index (χ1) is 18.4. The van der Waals surface area contributed by atoms with Crippen LogP contribution in [-0.4, -0.2) is 35.8 Å². The Bertz CT molecular complexity index is 1220. The number of hydrogen-bond donors (Lipinski definition) is 0. The van der Waals surface area contributed by atoms with Crippen molar-refractivity contribution >= 4 is 11.9 Å². The highest BCUT2D eigenvalue weighted by atomic mass is 19.4. The number of nitrogens with zero attached hydrogens (tertiary/aromatic N) is 1. The molecule has 1 amide bonds. The van der Waals surface area contributed by atoms with E-state index in [9.17, 15) is 35.5 Å². The van der Waals surface area contributed by atoms with Gasteiger partial charge in [0.2, 0.25) is 0 Å². The number of amides is 1. The lowest BCUT2D eigenvalue weighted by atomic mass is 9.69. The van der Waals surface area contributed by atoms with Crippen molar-refractivity contribution in [2.45, 2.75) is 63.6 Å². The fourth-order valence-corrected chi connectivity index (χ4v) is 5.56. The molecule has 1 saturated carbocycles. The molecule has 2 fully saturated rings. The predicted octanol–water partition coefficient (Wildman–Crippen LogP) is 8.28. The van der Waals surface area contributed by atoms with Crippen molar-refractivity contribution in [3.8, 4) is 0 Å². The lowest BCUT2D eigenvalue weighted by Crippen LogP contribution is -2.38. The lowest BCUT2D eigenvalue weighted by Gasteiger charge is -2.40. The minimum absolute atomic E-state index is 0.0427. The lowest BCUT2D eigenvalue weighted by molar-refractivity contribution is -0.143. The number of likely N-dealkylation sites (tertiary alicyclic amines) is 1. The minimum atomic E-state index is -5.01. The molecule has 0 bridgehead atoms. The monoisotopic (exact) mass is 573 g/mol. The van der Waals surface area contributed by atoms with E-state index in [2.05, 4.69) is 6.58 Å². The van der Waals surface area contributed by atoms with E-state index in [1.54, 1.807) is 37.8 Å². The highest BCUT2D eigenvalue weighted by Gasteiger charge is 2.48. The van der Waals surface area contributed by atoms with Crippen LogP contribution in [0.1, 0.15) is 61.8 Å². The van der Waals surface area contributed by atoms with Crippen LogP contribution in [0.25, 0.3) is 5.76 Å². The molecule has 11 heteroatoms. The third-order valence-corrected chi connectivity index (χ3v) is 7.29. The third-order valence-electron chi connectivity index (χ3n) is 7.29. The van der Waals surface area contributed by atoms with E-state index in [1.807, 2.05) is 0 Å². The van der Waals surface area contributed by atoms with E-state index in [1.165, 1.54) is 12.1 Å². The van der Waals surface area contributed by atoms with Gasteiger partial charge in [-0.2, -0.15) is 26.3 Å². The molecule has 1 unspecified atom stereocenters. The number of hydrogen-bond acceptors (Lipinski definition) is 3. The van der Waals surface area contributed by atoms with Gasteiger partial charge in [-0.1, -0.05) is 18.7 Å². The second kappa shape index (κ2) is 10.6. The van der Waals surface area contributed by atoms with Gasteiger partial charge < -0.3 is 14.4 Å². The van der Waals surface area contributed by atoms with Crippen molar-refractivity contribution in [3.63, 3.8) is 0 Å². The van der Waals surface area contributed by atoms with Crippen LogP contribution >= 0.6 is 0 Å². The van der Waals surface area contributed by atoms with Gasteiger partial charge in [-0.3, -0.25) is 0 Å². The number of benzene rings is 2. The Hall–Kier alpha value is -3.24. The summed E-state index contributed by atoms with van der Waals surface area (Å²) >= 11 is 0. The van der Waals surface area contributed by atoms with Gasteiger partial charge in [-0.05, 0) is 81.3 Å². The Morgan fingerprint density at radius 2 is 1.48 bits per heavy atom. The van der Waals surface area contributed by atoms with Gasteiger partial charge in [0, 0.05) is 24.6 Å². The van der Waals surface area contributed by atoms with Gasteiger partial charge in [-0.15, -0.1) is 0 Å². The van der Waals surface area contributed by atoms with E-state index >= 15 is 0 Å². The quantitative estimate of drug-likeness (QED) is 0.273. The molecular weight excluding hydrogens is 543 g/mol. The zero-order valence-electron chi connectivity index (χ0n) is 22.2. The molecule has 1 heterocycles. The van der Waals surface area contributed by atoms with E-state index < -0.39 is 58.6 Å². The van der Waals surface area contributed by atoms with E-state index in [0.717, 1.165) is 0 Å². The van der Waals surface area contributed by atoms with Crippen molar-refractivity contribution < 1.29 is 45.0 Å². The number of carbonyl (C=O) groups is 1. The molecule has 2 aromatic rings. The molecule has 0 aromatic heterocycles. The molecule has 40 heavy (non-hydrogen) atoms. The summed E-state index contributed by atoms with van der Waals surface area (Å²) in [6.45, 7) is 9.66. The van der Waals surface area contributed by atoms with Crippen LogP contribution in [0.3, 0.4) is 0 Å². The normalized spacial score (nSPS) is 23.5. The van der Waals surface area contributed by atoms with Crippen molar-refractivity contribution in [1.82, 2.24) is 4.90 Å². The molecule has 4 rings (SSSR count). The highest BCUT2D eigenvalue weighted by molar-refractivity contribution is 5.68. The zero-order valence-corrected chi connectivity index (χ0v) is 22.2. The average Bonchev–Trinajstić information content (AvgIpc) is 3.27. The van der Waals surface area contributed by atoms with Gasteiger partial charge in [0.05, 0.1) is 11.1 Å². The number of ether oxygens (including phenoxy) is 2. The molecule has 4 atom stereocenters. The highest BCUT2D eigenvalue weighted by Crippen LogP contribution is 2.48. The van der Waals surface area contributed by atoms with Crippen LogP contribution in [0, 0.1) is 17.7 Å². The molecule has 0 radical (unpaired) electrons. The fraction of sp³-hybridized carbons (Fsp3) is 0.483. The minimum Gasteiger partial charge on any atom is -0.490 e. The van der Waals surface area contributed by atoms with Gasteiger partial charge >= 0.3 is 18.4 Å². The maximum Gasteiger partial charge on any atom is 0.416 e. The fourth-order valence-electron chi connectivity index (χ4n) is 5.56. The SMILES string of the molecule is C=C(OC1CC[C@@H]2CN(C(=O)OC(C)(C)C)C[C@@H]2[C@H]1c1ccc(F)cc1)c1cc(C(F)(F)F)cc(C(F)(F)F)c1. The number of rotatable bonds is 4. The predicted molar refractivity (Wildman–Crippen MR) is 134 cm³/mol.